The highest BCUT2D eigenvalue weighted by atomic mass is 19.1. The van der Waals surface area contributed by atoms with Gasteiger partial charge in [0, 0.05) is 35.9 Å². The van der Waals surface area contributed by atoms with Gasteiger partial charge in [-0.15, -0.1) is 0 Å². The standard InChI is InChI=1S/C15H10F2N2/c16-11-3-4-13(14(17)9-11)15-10-12(5-6-18-15)19-7-1-2-8-19/h1-10H. The van der Waals surface area contributed by atoms with Crippen molar-refractivity contribution in [3.05, 3.63) is 72.7 Å². The first kappa shape index (κ1) is 11.6. The molecule has 0 radical (unpaired) electrons. The molecule has 2 heterocycles. The maximum atomic E-state index is 13.7. The molecule has 2 aromatic heterocycles. The molecular formula is C15H10F2N2. The van der Waals surface area contributed by atoms with Crippen molar-refractivity contribution < 1.29 is 8.78 Å². The molecule has 0 amide bonds. The topological polar surface area (TPSA) is 17.8 Å². The van der Waals surface area contributed by atoms with Gasteiger partial charge in [0.1, 0.15) is 11.6 Å². The summed E-state index contributed by atoms with van der Waals surface area (Å²) in [6.07, 6.45) is 5.38. The summed E-state index contributed by atoms with van der Waals surface area (Å²) in [6, 6.07) is 10.9. The Bertz CT molecular complexity index is 706. The number of aromatic nitrogens is 2. The van der Waals surface area contributed by atoms with Gasteiger partial charge >= 0.3 is 0 Å². The van der Waals surface area contributed by atoms with E-state index < -0.39 is 11.6 Å². The monoisotopic (exact) mass is 256 g/mol. The van der Waals surface area contributed by atoms with Crippen molar-refractivity contribution in [3.8, 4) is 16.9 Å². The van der Waals surface area contributed by atoms with Crippen molar-refractivity contribution in [1.82, 2.24) is 9.55 Å². The first-order valence-corrected chi connectivity index (χ1v) is 5.79. The molecule has 2 nitrogen and oxygen atoms in total. The van der Waals surface area contributed by atoms with Gasteiger partial charge in [0.05, 0.1) is 5.69 Å². The average molecular weight is 256 g/mol. The Balaban J connectivity index is 2.08. The van der Waals surface area contributed by atoms with Gasteiger partial charge < -0.3 is 4.57 Å². The van der Waals surface area contributed by atoms with Gasteiger partial charge in [-0.25, -0.2) is 8.78 Å². The van der Waals surface area contributed by atoms with Gasteiger partial charge in [-0.05, 0) is 36.4 Å². The van der Waals surface area contributed by atoms with Crippen molar-refractivity contribution in [3.63, 3.8) is 0 Å². The number of hydrogen-bond acceptors (Lipinski definition) is 1. The van der Waals surface area contributed by atoms with Gasteiger partial charge in [-0.1, -0.05) is 0 Å². The molecule has 4 heteroatoms. The van der Waals surface area contributed by atoms with Crippen molar-refractivity contribution in [2.24, 2.45) is 0 Å². The fourth-order valence-corrected chi connectivity index (χ4v) is 1.93. The highest BCUT2D eigenvalue weighted by Crippen LogP contribution is 2.23. The molecule has 0 atom stereocenters. The highest BCUT2D eigenvalue weighted by molar-refractivity contribution is 5.62. The lowest BCUT2D eigenvalue weighted by molar-refractivity contribution is 0.585. The highest BCUT2D eigenvalue weighted by Gasteiger charge is 2.08. The Morgan fingerprint density at radius 3 is 2.47 bits per heavy atom. The van der Waals surface area contributed by atoms with Crippen LogP contribution in [0.15, 0.2) is 61.1 Å². The number of benzene rings is 1. The van der Waals surface area contributed by atoms with Crippen LogP contribution in [-0.4, -0.2) is 9.55 Å². The largest absolute Gasteiger partial charge is 0.324 e. The summed E-state index contributed by atoms with van der Waals surface area (Å²) >= 11 is 0. The van der Waals surface area contributed by atoms with Crippen molar-refractivity contribution in [2.45, 2.75) is 0 Å². The molecule has 0 aliphatic carbocycles. The van der Waals surface area contributed by atoms with Gasteiger partial charge in [-0.3, -0.25) is 4.98 Å². The second-order valence-electron chi connectivity index (χ2n) is 4.11. The number of rotatable bonds is 2. The predicted octanol–water partition coefficient (Wildman–Crippen LogP) is 3.82. The lowest BCUT2D eigenvalue weighted by atomic mass is 10.1. The van der Waals surface area contributed by atoms with E-state index in [2.05, 4.69) is 4.98 Å². The number of pyridine rings is 1. The van der Waals surface area contributed by atoms with Crippen LogP contribution in [0.4, 0.5) is 8.78 Å². The molecule has 0 saturated heterocycles. The van der Waals surface area contributed by atoms with Crippen LogP contribution in [0.1, 0.15) is 0 Å². The Hall–Kier alpha value is -2.49. The zero-order valence-electron chi connectivity index (χ0n) is 9.92. The normalized spacial score (nSPS) is 10.6. The summed E-state index contributed by atoms with van der Waals surface area (Å²) < 4.78 is 28.5. The van der Waals surface area contributed by atoms with Crippen LogP contribution >= 0.6 is 0 Å². The van der Waals surface area contributed by atoms with Gasteiger partial charge in [0.2, 0.25) is 0 Å². The third-order valence-electron chi connectivity index (χ3n) is 2.85. The van der Waals surface area contributed by atoms with E-state index in [0.29, 0.717) is 5.69 Å². The Morgan fingerprint density at radius 1 is 0.947 bits per heavy atom. The SMILES string of the molecule is Fc1ccc(-c2cc(-n3cccc3)ccn2)c(F)c1. The lowest BCUT2D eigenvalue weighted by Crippen LogP contribution is -1.94. The van der Waals surface area contributed by atoms with Crippen LogP contribution < -0.4 is 0 Å². The third-order valence-corrected chi connectivity index (χ3v) is 2.85. The van der Waals surface area contributed by atoms with E-state index in [0.717, 1.165) is 11.8 Å². The molecular weight excluding hydrogens is 246 g/mol. The van der Waals surface area contributed by atoms with Crippen LogP contribution in [0.25, 0.3) is 16.9 Å². The summed E-state index contributed by atoms with van der Waals surface area (Å²) in [6.45, 7) is 0. The predicted molar refractivity (Wildman–Crippen MR) is 68.9 cm³/mol. The van der Waals surface area contributed by atoms with E-state index >= 15 is 0 Å². The number of halogens is 2. The van der Waals surface area contributed by atoms with E-state index in [9.17, 15) is 8.78 Å². The molecule has 3 rings (SSSR count). The molecule has 0 aliphatic heterocycles. The quantitative estimate of drug-likeness (QED) is 0.681. The van der Waals surface area contributed by atoms with Crippen LogP contribution in [0.2, 0.25) is 0 Å². The summed E-state index contributed by atoms with van der Waals surface area (Å²) in [5.41, 5.74) is 1.64. The van der Waals surface area contributed by atoms with Gasteiger partial charge in [0.25, 0.3) is 0 Å². The molecule has 0 saturated carbocycles. The second kappa shape index (κ2) is 4.65. The molecule has 0 unspecified atom stereocenters. The Morgan fingerprint density at radius 2 is 1.74 bits per heavy atom. The van der Waals surface area contributed by atoms with Crippen LogP contribution in [0, 0.1) is 11.6 Å². The minimum absolute atomic E-state index is 0.287. The van der Waals surface area contributed by atoms with Crippen LogP contribution in [-0.2, 0) is 0 Å². The minimum atomic E-state index is -0.614. The van der Waals surface area contributed by atoms with Gasteiger partial charge in [-0.2, -0.15) is 0 Å². The fourth-order valence-electron chi connectivity index (χ4n) is 1.93. The average Bonchev–Trinajstić information content (AvgIpc) is 2.93. The maximum Gasteiger partial charge on any atom is 0.135 e. The Kier molecular flexibility index (Phi) is 2.83. The molecule has 0 N–H and O–H groups in total. The van der Waals surface area contributed by atoms with Crippen molar-refractivity contribution in [1.29, 1.82) is 0 Å². The van der Waals surface area contributed by atoms with Crippen molar-refractivity contribution in [2.75, 3.05) is 0 Å². The molecule has 0 bridgehead atoms. The molecule has 94 valence electrons. The summed E-state index contributed by atoms with van der Waals surface area (Å²) in [7, 11) is 0. The first-order chi connectivity index (χ1) is 9.24. The number of hydrogen-bond donors (Lipinski definition) is 0. The van der Waals surface area contributed by atoms with E-state index in [1.54, 1.807) is 12.3 Å². The first-order valence-electron chi connectivity index (χ1n) is 5.79. The molecule has 0 spiro atoms. The fraction of sp³-hybridized carbons (Fsp3) is 0. The van der Waals surface area contributed by atoms with E-state index in [1.807, 2.05) is 35.2 Å². The molecule has 0 aliphatic rings. The summed E-state index contributed by atoms with van der Waals surface area (Å²) in [5, 5.41) is 0. The second-order valence-corrected chi connectivity index (χ2v) is 4.11. The van der Waals surface area contributed by atoms with Crippen LogP contribution in [0.3, 0.4) is 0 Å². The van der Waals surface area contributed by atoms with E-state index in [1.165, 1.54) is 12.1 Å². The molecule has 0 fully saturated rings. The number of nitrogens with zero attached hydrogens (tertiary/aromatic N) is 2. The lowest BCUT2D eigenvalue weighted by Gasteiger charge is -2.06. The molecule has 1 aromatic carbocycles. The smallest absolute Gasteiger partial charge is 0.135 e. The van der Waals surface area contributed by atoms with Gasteiger partial charge in [0.15, 0.2) is 0 Å². The Labute approximate surface area is 109 Å². The maximum absolute atomic E-state index is 13.7. The summed E-state index contributed by atoms with van der Waals surface area (Å²) in [4.78, 5) is 4.13. The zero-order valence-corrected chi connectivity index (χ0v) is 9.92. The van der Waals surface area contributed by atoms with E-state index in [-0.39, 0.29) is 5.56 Å². The van der Waals surface area contributed by atoms with Crippen LogP contribution in [0.5, 0.6) is 0 Å². The summed E-state index contributed by atoms with van der Waals surface area (Å²) in [5.74, 6) is -1.21. The molecule has 3 aromatic rings. The van der Waals surface area contributed by atoms with E-state index in [4.69, 9.17) is 0 Å². The zero-order chi connectivity index (χ0) is 13.2. The third kappa shape index (κ3) is 2.25. The van der Waals surface area contributed by atoms with Crippen molar-refractivity contribution >= 4 is 0 Å². The molecule has 19 heavy (non-hydrogen) atoms. The minimum Gasteiger partial charge on any atom is -0.324 e.